The van der Waals surface area contributed by atoms with E-state index in [1.807, 2.05) is 36.6 Å². The maximum Gasteiger partial charge on any atom is 0.261 e. The number of anilines is 1. The largest absolute Gasteiger partial charge is 0.351 e. The summed E-state index contributed by atoms with van der Waals surface area (Å²) in [5, 5.41) is 7.94. The highest BCUT2D eigenvalue weighted by atomic mass is 32.1. The first-order chi connectivity index (χ1) is 11.1. The Balaban J connectivity index is 1.51. The van der Waals surface area contributed by atoms with Crippen molar-refractivity contribution in [3.8, 4) is 0 Å². The fraction of sp³-hybridized carbons (Fsp3) is 0.188. The number of thiazole rings is 1. The maximum absolute atomic E-state index is 11.9. The van der Waals surface area contributed by atoms with E-state index in [1.165, 1.54) is 22.7 Å². The summed E-state index contributed by atoms with van der Waals surface area (Å²) in [6, 6.07) is 9.56. The van der Waals surface area contributed by atoms with E-state index < -0.39 is 0 Å². The standard InChI is InChI=1S/C16H15N3O2S2/c1-10-4-5-11-13(9-10)23-16(18-11)19-14(20)6-7-17-15(21)12-3-2-8-22-12/h2-5,8-9H,6-7H2,1H3,(H,17,21)(H,18,19,20). The van der Waals surface area contributed by atoms with Crippen LogP contribution in [0.2, 0.25) is 0 Å². The van der Waals surface area contributed by atoms with Crippen LogP contribution in [0, 0.1) is 6.92 Å². The zero-order valence-electron chi connectivity index (χ0n) is 12.5. The summed E-state index contributed by atoms with van der Waals surface area (Å²) < 4.78 is 1.05. The lowest BCUT2D eigenvalue weighted by Crippen LogP contribution is -2.27. The molecule has 0 atom stereocenters. The molecule has 0 fully saturated rings. The van der Waals surface area contributed by atoms with Crippen molar-refractivity contribution in [3.63, 3.8) is 0 Å². The minimum absolute atomic E-state index is 0.150. The zero-order valence-corrected chi connectivity index (χ0v) is 14.1. The van der Waals surface area contributed by atoms with Gasteiger partial charge in [-0.1, -0.05) is 23.5 Å². The van der Waals surface area contributed by atoms with Gasteiger partial charge in [0.15, 0.2) is 5.13 Å². The average molecular weight is 345 g/mol. The van der Waals surface area contributed by atoms with Gasteiger partial charge in [-0.2, -0.15) is 0 Å². The lowest BCUT2D eigenvalue weighted by molar-refractivity contribution is -0.116. The van der Waals surface area contributed by atoms with Crippen LogP contribution in [-0.2, 0) is 4.79 Å². The Morgan fingerprint density at radius 1 is 1.26 bits per heavy atom. The number of carbonyl (C=O) groups excluding carboxylic acids is 2. The van der Waals surface area contributed by atoms with E-state index in [4.69, 9.17) is 0 Å². The Bertz CT molecular complexity index is 840. The number of nitrogens with one attached hydrogen (secondary N) is 2. The molecule has 0 saturated heterocycles. The molecule has 5 nitrogen and oxygen atoms in total. The number of rotatable bonds is 5. The Hall–Kier alpha value is -2.25. The molecule has 0 spiro atoms. The first kappa shape index (κ1) is 15.6. The molecule has 0 aliphatic rings. The van der Waals surface area contributed by atoms with Crippen molar-refractivity contribution in [2.24, 2.45) is 0 Å². The highest BCUT2D eigenvalue weighted by molar-refractivity contribution is 7.22. The third-order valence-corrected chi connectivity index (χ3v) is 4.98. The number of thiophene rings is 1. The van der Waals surface area contributed by atoms with E-state index in [-0.39, 0.29) is 18.2 Å². The van der Waals surface area contributed by atoms with E-state index in [2.05, 4.69) is 15.6 Å². The second kappa shape index (κ2) is 6.89. The zero-order chi connectivity index (χ0) is 16.2. The fourth-order valence-corrected chi connectivity index (χ4v) is 3.67. The summed E-state index contributed by atoms with van der Waals surface area (Å²) in [6.45, 7) is 2.32. The first-order valence-corrected chi connectivity index (χ1v) is 8.80. The lowest BCUT2D eigenvalue weighted by atomic mass is 10.2. The molecule has 0 unspecified atom stereocenters. The average Bonchev–Trinajstić information content (AvgIpc) is 3.15. The van der Waals surface area contributed by atoms with Gasteiger partial charge in [0.25, 0.3) is 5.91 Å². The van der Waals surface area contributed by atoms with Crippen LogP contribution in [-0.4, -0.2) is 23.3 Å². The third-order valence-electron chi connectivity index (χ3n) is 3.17. The van der Waals surface area contributed by atoms with E-state index >= 15 is 0 Å². The van der Waals surface area contributed by atoms with Gasteiger partial charge in [-0.3, -0.25) is 9.59 Å². The summed E-state index contributed by atoms with van der Waals surface area (Å²) in [6.07, 6.45) is 0.214. The Morgan fingerprint density at radius 2 is 2.13 bits per heavy atom. The molecule has 3 rings (SSSR count). The summed E-state index contributed by atoms with van der Waals surface area (Å²) in [4.78, 5) is 28.7. The molecule has 0 bridgehead atoms. The maximum atomic E-state index is 11.9. The molecule has 23 heavy (non-hydrogen) atoms. The van der Waals surface area contributed by atoms with Crippen molar-refractivity contribution < 1.29 is 9.59 Å². The molecule has 0 radical (unpaired) electrons. The second-order valence-corrected chi connectivity index (χ2v) is 7.00. The van der Waals surface area contributed by atoms with Crippen LogP contribution in [0.15, 0.2) is 35.7 Å². The predicted molar refractivity (Wildman–Crippen MR) is 94.3 cm³/mol. The van der Waals surface area contributed by atoms with Crippen molar-refractivity contribution in [2.75, 3.05) is 11.9 Å². The van der Waals surface area contributed by atoms with Crippen LogP contribution in [0.5, 0.6) is 0 Å². The molecule has 2 N–H and O–H groups in total. The van der Waals surface area contributed by atoms with Crippen LogP contribution in [0.4, 0.5) is 5.13 Å². The van der Waals surface area contributed by atoms with Gasteiger partial charge >= 0.3 is 0 Å². The molecular formula is C16H15N3O2S2. The topological polar surface area (TPSA) is 71.1 Å². The van der Waals surface area contributed by atoms with Crippen LogP contribution in [0.25, 0.3) is 10.2 Å². The number of hydrogen-bond acceptors (Lipinski definition) is 5. The van der Waals surface area contributed by atoms with Crippen LogP contribution in [0.1, 0.15) is 21.7 Å². The van der Waals surface area contributed by atoms with Crippen LogP contribution < -0.4 is 10.6 Å². The molecule has 0 aliphatic heterocycles. The van der Waals surface area contributed by atoms with Gasteiger partial charge in [0.05, 0.1) is 15.1 Å². The van der Waals surface area contributed by atoms with Gasteiger partial charge < -0.3 is 10.6 Å². The molecule has 118 valence electrons. The summed E-state index contributed by atoms with van der Waals surface area (Å²) >= 11 is 2.82. The summed E-state index contributed by atoms with van der Waals surface area (Å²) in [5.74, 6) is -0.310. The SMILES string of the molecule is Cc1ccc2nc(NC(=O)CCNC(=O)c3cccs3)sc2c1. The van der Waals surface area contributed by atoms with Crippen molar-refractivity contribution in [1.29, 1.82) is 0 Å². The third kappa shape index (κ3) is 3.94. The number of fused-ring (bicyclic) bond motifs is 1. The van der Waals surface area contributed by atoms with E-state index in [0.717, 1.165) is 15.8 Å². The number of aryl methyl sites for hydroxylation is 1. The van der Waals surface area contributed by atoms with Crippen molar-refractivity contribution in [2.45, 2.75) is 13.3 Å². The van der Waals surface area contributed by atoms with Crippen molar-refractivity contribution in [1.82, 2.24) is 10.3 Å². The molecule has 0 saturated carbocycles. The summed E-state index contributed by atoms with van der Waals surface area (Å²) in [5.41, 5.74) is 2.04. The highest BCUT2D eigenvalue weighted by Crippen LogP contribution is 2.26. The van der Waals surface area contributed by atoms with Gasteiger partial charge in [0.2, 0.25) is 5.91 Å². The molecule has 2 heterocycles. The first-order valence-electron chi connectivity index (χ1n) is 7.10. The summed E-state index contributed by atoms with van der Waals surface area (Å²) in [7, 11) is 0. The van der Waals surface area contributed by atoms with E-state index in [1.54, 1.807) is 6.07 Å². The minimum atomic E-state index is -0.160. The van der Waals surface area contributed by atoms with E-state index in [0.29, 0.717) is 16.6 Å². The Kier molecular flexibility index (Phi) is 4.68. The Labute approximate surface area is 141 Å². The highest BCUT2D eigenvalue weighted by Gasteiger charge is 2.10. The predicted octanol–water partition coefficient (Wildman–Crippen LogP) is 3.42. The molecule has 3 aromatic rings. The van der Waals surface area contributed by atoms with Gasteiger partial charge in [0, 0.05) is 13.0 Å². The fourth-order valence-electron chi connectivity index (χ4n) is 2.05. The molecule has 2 amide bonds. The smallest absolute Gasteiger partial charge is 0.261 e. The molecule has 7 heteroatoms. The van der Waals surface area contributed by atoms with Gasteiger partial charge in [-0.05, 0) is 36.1 Å². The Morgan fingerprint density at radius 3 is 2.91 bits per heavy atom. The molecule has 2 aromatic heterocycles. The van der Waals surface area contributed by atoms with Gasteiger partial charge in [-0.25, -0.2) is 4.98 Å². The van der Waals surface area contributed by atoms with Crippen LogP contribution >= 0.6 is 22.7 Å². The molecule has 0 aliphatic carbocycles. The number of benzene rings is 1. The van der Waals surface area contributed by atoms with E-state index in [9.17, 15) is 9.59 Å². The number of amides is 2. The van der Waals surface area contributed by atoms with Crippen molar-refractivity contribution >= 4 is 49.8 Å². The van der Waals surface area contributed by atoms with Gasteiger partial charge in [-0.15, -0.1) is 11.3 Å². The number of nitrogens with zero attached hydrogens (tertiary/aromatic N) is 1. The normalized spacial score (nSPS) is 10.7. The minimum Gasteiger partial charge on any atom is -0.351 e. The second-order valence-electron chi connectivity index (χ2n) is 5.02. The van der Waals surface area contributed by atoms with Crippen molar-refractivity contribution in [3.05, 3.63) is 46.2 Å². The number of carbonyl (C=O) groups is 2. The number of aromatic nitrogens is 1. The van der Waals surface area contributed by atoms with Crippen LogP contribution in [0.3, 0.4) is 0 Å². The monoisotopic (exact) mass is 345 g/mol. The lowest BCUT2D eigenvalue weighted by Gasteiger charge is -2.03. The molecular weight excluding hydrogens is 330 g/mol. The molecule has 1 aromatic carbocycles. The van der Waals surface area contributed by atoms with Gasteiger partial charge in [0.1, 0.15) is 0 Å². The number of hydrogen-bond donors (Lipinski definition) is 2. The quantitative estimate of drug-likeness (QED) is 0.744.